The number of ketones is 1. The summed E-state index contributed by atoms with van der Waals surface area (Å²) in [4.78, 5) is 48.2. The molecule has 8 rings (SSSR count). The molecule has 1 amide bonds. The van der Waals surface area contributed by atoms with Crippen molar-refractivity contribution in [3.63, 3.8) is 0 Å². The van der Waals surface area contributed by atoms with Gasteiger partial charge in [-0.3, -0.25) is 19.5 Å². The molecule has 2 saturated heterocycles. The van der Waals surface area contributed by atoms with Gasteiger partial charge in [0.1, 0.15) is 11.6 Å². The van der Waals surface area contributed by atoms with Crippen LogP contribution in [0.5, 0.6) is 0 Å². The molecule has 2 unspecified atom stereocenters. The monoisotopic (exact) mass is 920 g/mol. The zero-order chi connectivity index (χ0) is 45.8. The van der Waals surface area contributed by atoms with Crippen molar-refractivity contribution < 1.29 is 43.2 Å². The molecule has 16 heteroatoms. The third kappa shape index (κ3) is 8.61. The average Bonchev–Trinajstić information content (AvgIpc) is 3.46. The SMILES string of the molecule is CN1CC(C(C)(O)c2cc(F)c(C(=O)c3ccc(Cl)cc3)c(C(=O)O)c2)C1.CO[C@]1(c2ccc(Cl)cc2)c2c(F)cc(C(C)(O)C3CN(C)C3)cc2C(=O)N1Cc1ccc(Cl)cn1. The number of carboxylic acid groups (broad SMARTS) is 1. The molecule has 3 aliphatic heterocycles. The number of benzene rings is 4. The number of aliphatic hydroxyl groups is 2. The lowest BCUT2D eigenvalue weighted by Crippen LogP contribution is -2.53. The van der Waals surface area contributed by atoms with Gasteiger partial charge in [-0.05, 0) is 112 Å². The van der Waals surface area contributed by atoms with Crippen LogP contribution >= 0.6 is 34.8 Å². The number of hydrogen-bond donors (Lipinski definition) is 3. The second kappa shape index (κ2) is 17.6. The third-order valence-electron chi connectivity index (χ3n) is 12.5. The number of carboxylic acids is 1. The van der Waals surface area contributed by atoms with Gasteiger partial charge in [0, 0.05) is 72.5 Å². The molecule has 3 atom stereocenters. The number of likely N-dealkylation sites (tertiary alicyclic amines) is 2. The fourth-order valence-corrected chi connectivity index (χ4v) is 8.97. The molecule has 0 spiro atoms. The fraction of sp³-hybridized carbons (Fsp3) is 0.319. The van der Waals surface area contributed by atoms with E-state index in [-0.39, 0.29) is 40.6 Å². The largest absolute Gasteiger partial charge is 0.478 e. The van der Waals surface area contributed by atoms with Crippen molar-refractivity contribution in [3.05, 3.63) is 168 Å². The summed E-state index contributed by atoms with van der Waals surface area (Å²) in [5, 5.41) is 33.1. The summed E-state index contributed by atoms with van der Waals surface area (Å²) in [7, 11) is 5.29. The Morgan fingerprint density at radius 3 is 1.79 bits per heavy atom. The van der Waals surface area contributed by atoms with Gasteiger partial charge < -0.3 is 29.9 Å². The number of rotatable bonds is 11. The van der Waals surface area contributed by atoms with E-state index in [1.807, 2.05) is 19.0 Å². The number of hydrogen-bond acceptors (Lipinski definition) is 9. The number of aromatic carboxylic acids is 1. The maximum Gasteiger partial charge on any atom is 0.336 e. The Balaban J connectivity index is 0.000000197. The zero-order valence-corrected chi connectivity index (χ0v) is 37.3. The maximum absolute atomic E-state index is 16.1. The van der Waals surface area contributed by atoms with Crippen molar-refractivity contribution >= 4 is 52.5 Å². The highest BCUT2D eigenvalue weighted by atomic mass is 35.5. The molecule has 11 nitrogen and oxygen atoms in total. The zero-order valence-electron chi connectivity index (χ0n) is 35.0. The Morgan fingerprint density at radius 2 is 1.30 bits per heavy atom. The van der Waals surface area contributed by atoms with Crippen LogP contribution in [0.3, 0.4) is 0 Å². The maximum atomic E-state index is 16.1. The van der Waals surface area contributed by atoms with E-state index in [1.165, 1.54) is 61.5 Å². The summed E-state index contributed by atoms with van der Waals surface area (Å²) in [5.74, 6) is -4.45. The number of carbonyl (C=O) groups excluding carboxylic acids is 2. The van der Waals surface area contributed by atoms with Gasteiger partial charge in [0.25, 0.3) is 5.91 Å². The molecule has 0 bridgehead atoms. The minimum atomic E-state index is -1.57. The quantitative estimate of drug-likeness (QED) is 0.112. The van der Waals surface area contributed by atoms with Gasteiger partial charge in [0.15, 0.2) is 11.5 Å². The fourth-order valence-electron chi connectivity index (χ4n) is 8.61. The van der Waals surface area contributed by atoms with Crippen LogP contribution in [0.1, 0.15) is 78.4 Å². The number of ether oxygens (including phenoxy) is 1. The third-order valence-corrected chi connectivity index (χ3v) is 13.2. The first kappa shape index (κ1) is 46.2. The van der Waals surface area contributed by atoms with Crippen molar-refractivity contribution in [1.82, 2.24) is 19.7 Å². The summed E-state index contributed by atoms with van der Waals surface area (Å²) in [6.07, 6.45) is 1.49. The standard InChI is InChI=1S/C27H26Cl2FN3O3.C20H19ClFNO4/c1-26(35,18-13-32(2)14-18)17-10-22-24(23(30)11-17)27(36-3,16-4-6-19(28)7-5-16)33(25(22)34)15-21-9-8-20(29)12-31-21;1-20(27,13-9-23(2)10-13)12-7-15(19(25)26)17(16(22)8-12)18(24)11-3-5-14(21)6-4-11/h4-12,18,35H,13-15H2,1-3H3;3-8,13,27H,9-10H2,1-2H3,(H,25,26)/t26?,27-;/m1./s1. The van der Waals surface area contributed by atoms with E-state index < -0.39 is 57.3 Å². The Morgan fingerprint density at radius 1 is 0.794 bits per heavy atom. The highest BCUT2D eigenvalue weighted by molar-refractivity contribution is 6.31. The first-order valence-corrected chi connectivity index (χ1v) is 21.1. The van der Waals surface area contributed by atoms with Gasteiger partial charge in [-0.25, -0.2) is 13.6 Å². The van der Waals surface area contributed by atoms with Crippen molar-refractivity contribution in [2.45, 2.75) is 37.3 Å². The molecule has 0 saturated carbocycles. The number of methoxy groups -OCH3 is 1. The Labute approximate surface area is 378 Å². The van der Waals surface area contributed by atoms with E-state index in [4.69, 9.17) is 39.5 Å². The average molecular weight is 922 g/mol. The molecule has 3 N–H and O–H groups in total. The van der Waals surface area contributed by atoms with Gasteiger partial charge in [0.2, 0.25) is 0 Å². The van der Waals surface area contributed by atoms with Crippen LogP contribution in [0, 0.1) is 23.5 Å². The van der Waals surface area contributed by atoms with E-state index in [9.17, 15) is 34.1 Å². The predicted molar refractivity (Wildman–Crippen MR) is 234 cm³/mol. The Hall–Kier alpha value is -4.83. The number of aromatic nitrogens is 1. The summed E-state index contributed by atoms with van der Waals surface area (Å²) in [6.45, 7) is 5.83. The van der Waals surface area contributed by atoms with E-state index in [0.717, 1.165) is 6.07 Å². The van der Waals surface area contributed by atoms with Crippen LogP contribution in [-0.4, -0.2) is 100 Å². The molecule has 4 heterocycles. The summed E-state index contributed by atoms with van der Waals surface area (Å²) >= 11 is 17.9. The van der Waals surface area contributed by atoms with E-state index in [1.54, 1.807) is 49.4 Å². The van der Waals surface area contributed by atoms with E-state index in [0.29, 0.717) is 58.1 Å². The predicted octanol–water partition coefficient (Wildman–Crippen LogP) is 7.98. The first-order valence-electron chi connectivity index (χ1n) is 20.0. The smallest absolute Gasteiger partial charge is 0.336 e. The molecular weight excluding hydrogens is 877 g/mol. The van der Waals surface area contributed by atoms with Crippen molar-refractivity contribution in [1.29, 1.82) is 0 Å². The van der Waals surface area contributed by atoms with Gasteiger partial charge in [-0.2, -0.15) is 0 Å². The second-order valence-corrected chi connectivity index (χ2v) is 18.1. The molecule has 2 fully saturated rings. The number of amides is 1. The Kier molecular flexibility index (Phi) is 12.9. The summed E-state index contributed by atoms with van der Waals surface area (Å²) in [5.41, 5.74) is -3.32. The summed E-state index contributed by atoms with van der Waals surface area (Å²) in [6, 6.07) is 21.1. The lowest BCUT2D eigenvalue weighted by Gasteiger charge is -2.45. The topological polar surface area (TPSA) is 144 Å². The van der Waals surface area contributed by atoms with Gasteiger partial charge in [-0.15, -0.1) is 0 Å². The minimum absolute atomic E-state index is 0.0414. The van der Waals surface area contributed by atoms with Crippen LogP contribution < -0.4 is 0 Å². The highest BCUT2D eigenvalue weighted by Crippen LogP contribution is 2.49. The van der Waals surface area contributed by atoms with Gasteiger partial charge in [-0.1, -0.05) is 46.9 Å². The highest BCUT2D eigenvalue weighted by Gasteiger charge is 2.55. The lowest BCUT2D eigenvalue weighted by atomic mass is 9.77. The molecular formula is C47H45Cl3F2N4O7. The molecule has 5 aromatic rings. The number of carbonyl (C=O) groups is 3. The first-order chi connectivity index (χ1) is 29.7. The van der Waals surface area contributed by atoms with Crippen LogP contribution in [0.15, 0.2) is 91.1 Å². The van der Waals surface area contributed by atoms with Crippen LogP contribution in [-0.2, 0) is 28.2 Å². The molecule has 4 aromatic carbocycles. The van der Waals surface area contributed by atoms with E-state index >= 15 is 4.39 Å². The molecule has 1 aromatic heterocycles. The van der Waals surface area contributed by atoms with Crippen LogP contribution in [0.25, 0.3) is 0 Å². The number of halogens is 5. The van der Waals surface area contributed by atoms with Crippen molar-refractivity contribution in [2.75, 3.05) is 47.4 Å². The van der Waals surface area contributed by atoms with Crippen LogP contribution in [0.2, 0.25) is 15.1 Å². The lowest BCUT2D eigenvalue weighted by molar-refractivity contribution is -0.0887. The van der Waals surface area contributed by atoms with Crippen LogP contribution in [0.4, 0.5) is 8.78 Å². The van der Waals surface area contributed by atoms with Crippen molar-refractivity contribution in [3.8, 4) is 0 Å². The van der Waals surface area contributed by atoms with E-state index in [2.05, 4.69) is 9.88 Å². The molecule has 0 radical (unpaired) electrons. The number of nitrogens with zero attached hydrogens (tertiary/aromatic N) is 4. The van der Waals surface area contributed by atoms with Gasteiger partial charge >= 0.3 is 5.97 Å². The molecule has 63 heavy (non-hydrogen) atoms. The van der Waals surface area contributed by atoms with Gasteiger partial charge in [0.05, 0.1) is 50.7 Å². The number of pyridine rings is 1. The molecule has 330 valence electrons. The molecule has 3 aliphatic rings. The second-order valence-electron chi connectivity index (χ2n) is 16.7. The minimum Gasteiger partial charge on any atom is -0.478 e. The number of fused-ring (bicyclic) bond motifs is 1. The normalized spacial score (nSPS) is 19.9. The molecule has 0 aliphatic carbocycles. The van der Waals surface area contributed by atoms with Crippen molar-refractivity contribution in [2.24, 2.45) is 11.8 Å². The Bertz CT molecular complexity index is 2570. The summed E-state index contributed by atoms with van der Waals surface area (Å²) < 4.78 is 37.0.